The number of carbonyl (C=O) groups excluding carboxylic acids is 1. The van der Waals surface area contributed by atoms with Gasteiger partial charge in [0, 0.05) is 17.5 Å². The van der Waals surface area contributed by atoms with E-state index >= 15 is 0 Å². The lowest BCUT2D eigenvalue weighted by atomic mass is 9.96. The van der Waals surface area contributed by atoms with E-state index in [1.54, 1.807) is 32.0 Å². The number of aromatic nitrogens is 1. The van der Waals surface area contributed by atoms with Crippen molar-refractivity contribution in [1.82, 2.24) is 10.1 Å². The number of rotatable bonds is 11. The van der Waals surface area contributed by atoms with Gasteiger partial charge in [-0.1, -0.05) is 67.7 Å². The SMILES string of the molecule is CCCCC1=NC2(CCCC2)C(=O)N1Cc1ccc(-c2ccccc2S(=O)(=O)Nc2noc(C)c2C)c(COC(C)(C)C)c1. The number of unbranched alkanes of at least 4 members (excludes halogenated alkanes) is 1. The van der Waals surface area contributed by atoms with Gasteiger partial charge in [0.15, 0.2) is 5.82 Å². The summed E-state index contributed by atoms with van der Waals surface area (Å²) in [5, 5.41) is 3.89. The van der Waals surface area contributed by atoms with Crippen LogP contribution in [0, 0.1) is 13.8 Å². The lowest BCUT2D eigenvalue weighted by Crippen LogP contribution is -2.40. The predicted octanol–water partition coefficient (Wildman–Crippen LogP) is 7.32. The number of benzene rings is 2. The molecule has 236 valence electrons. The minimum atomic E-state index is -4.01. The van der Waals surface area contributed by atoms with Crippen molar-refractivity contribution in [3.8, 4) is 11.1 Å². The fraction of sp³-hybridized carbons (Fsp3) is 0.500. The molecule has 3 aromatic rings. The number of aryl methyl sites for hydroxylation is 1. The molecule has 9 nitrogen and oxygen atoms in total. The highest BCUT2D eigenvalue weighted by atomic mass is 32.2. The van der Waals surface area contributed by atoms with Crippen LogP contribution in [0.3, 0.4) is 0 Å². The predicted molar refractivity (Wildman–Crippen MR) is 172 cm³/mol. The van der Waals surface area contributed by atoms with Crippen LogP contribution in [-0.4, -0.2) is 41.4 Å². The highest BCUT2D eigenvalue weighted by molar-refractivity contribution is 7.92. The smallest absolute Gasteiger partial charge is 0.263 e. The zero-order valence-electron chi connectivity index (χ0n) is 26.7. The normalized spacial score (nSPS) is 16.6. The first-order chi connectivity index (χ1) is 20.8. The third-order valence-electron chi connectivity index (χ3n) is 8.51. The first-order valence-electron chi connectivity index (χ1n) is 15.5. The van der Waals surface area contributed by atoms with E-state index in [0.717, 1.165) is 67.5 Å². The molecule has 1 N–H and O–H groups in total. The average molecular weight is 621 g/mol. The highest BCUT2D eigenvalue weighted by Crippen LogP contribution is 2.40. The summed E-state index contributed by atoms with van der Waals surface area (Å²) >= 11 is 0. The van der Waals surface area contributed by atoms with E-state index in [4.69, 9.17) is 14.3 Å². The Morgan fingerprint density at radius 2 is 1.80 bits per heavy atom. The second-order valence-corrected chi connectivity index (χ2v) is 14.6. The molecule has 2 heterocycles. The Bertz CT molecular complexity index is 1660. The van der Waals surface area contributed by atoms with Crippen LogP contribution in [0.15, 0.2) is 56.9 Å². The zero-order chi connectivity index (χ0) is 31.7. The Kier molecular flexibility index (Phi) is 9.05. The van der Waals surface area contributed by atoms with Crippen molar-refractivity contribution in [3.05, 3.63) is 64.9 Å². The van der Waals surface area contributed by atoms with Crippen molar-refractivity contribution in [1.29, 1.82) is 0 Å². The largest absolute Gasteiger partial charge is 0.371 e. The second-order valence-electron chi connectivity index (χ2n) is 13.0. The van der Waals surface area contributed by atoms with Crippen LogP contribution in [0.1, 0.15) is 95.1 Å². The first kappa shape index (κ1) is 31.9. The van der Waals surface area contributed by atoms with Gasteiger partial charge in [0.25, 0.3) is 15.9 Å². The van der Waals surface area contributed by atoms with Crippen molar-refractivity contribution in [2.24, 2.45) is 4.99 Å². The maximum Gasteiger partial charge on any atom is 0.263 e. The number of amides is 1. The van der Waals surface area contributed by atoms with Crippen LogP contribution >= 0.6 is 0 Å². The fourth-order valence-electron chi connectivity index (χ4n) is 5.92. The molecule has 44 heavy (non-hydrogen) atoms. The topological polar surface area (TPSA) is 114 Å². The van der Waals surface area contributed by atoms with Crippen LogP contribution in [0.2, 0.25) is 0 Å². The molecule has 5 rings (SSSR count). The summed E-state index contributed by atoms with van der Waals surface area (Å²) in [7, 11) is -4.01. The Balaban J connectivity index is 1.51. The Labute approximate surface area is 261 Å². The van der Waals surface area contributed by atoms with Crippen molar-refractivity contribution >= 4 is 27.6 Å². The maximum absolute atomic E-state index is 13.8. The minimum absolute atomic E-state index is 0.110. The summed E-state index contributed by atoms with van der Waals surface area (Å²) in [4.78, 5) is 20.8. The van der Waals surface area contributed by atoms with Gasteiger partial charge in [-0.3, -0.25) is 19.4 Å². The van der Waals surface area contributed by atoms with E-state index in [1.165, 1.54) is 0 Å². The monoisotopic (exact) mass is 620 g/mol. The number of hydrogen-bond acceptors (Lipinski definition) is 7. The standard InChI is InChI=1S/C34H44N4O5S/c1-7-8-15-30-35-34(18-11-12-19-34)32(39)38(30)21-25-16-17-27(26(20-25)22-42-33(4,5)6)28-13-9-10-14-29(28)44(40,41)37-31-23(2)24(3)43-36-31/h9-10,13-14,16-17,20H,7-8,11-12,15,18-19,21-22H2,1-6H3,(H,36,37). The number of amidine groups is 1. The van der Waals surface area contributed by atoms with Gasteiger partial charge in [0.05, 0.1) is 23.6 Å². The molecule has 1 fully saturated rings. The number of anilines is 1. The Morgan fingerprint density at radius 1 is 1.07 bits per heavy atom. The molecule has 1 spiro atoms. The minimum Gasteiger partial charge on any atom is -0.371 e. The zero-order valence-corrected chi connectivity index (χ0v) is 27.5. The molecule has 0 saturated heterocycles. The molecule has 0 radical (unpaired) electrons. The second kappa shape index (κ2) is 12.5. The van der Waals surface area contributed by atoms with Crippen LogP contribution in [0.25, 0.3) is 11.1 Å². The molecule has 1 aliphatic carbocycles. The molecule has 1 aliphatic heterocycles. The first-order valence-corrected chi connectivity index (χ1v) is 17.0. The van der Waals surface area contributed by atoms with E-state index < -0.39 is 21.2 Å². The molecular formula is C34H44N4O5S. The third kappa shape index (κ3) is 6.61. The fourth-order valence-corrected chi connectivity index (χ4v) is 7.20. The van der Waals surface area contributed by atoms with E-state index in [2.05, 4.69) is 16.8 Å². The van der Waals surface area contributed by atoms with Crippen molar-refractivity contribution in [2.45, 2.75) is 116 Å². The highest BCUT2D eigenvalue weighted by Gasteiger charge is 2.49. The molecule has 2 aromatic carbocycles. The summed E-state index contributed by atoms with van der Waals surface area (Å²) in [5.41, 5.74) is 2.69. The van der Waals surface area contributed by atoms with E-state index in [9.17, 15) is 13.2 Å². The van der Waals surface area contributed by atoms with E-state index in [-0.39, 0.29) is 23.2 Å². The summed E-state index contributed by atoms with van der Waals surface area (Å²) in [5.74, 6) is 1.71. The molecule has 1 amide bonds. The van der Waals surface area contributed by atoms with Crippen LogP contribution < -0.4 is 4.72 Å². The number of sulfonamides is 1. The van der Waals surface area contributed by atoms with Crippen molar-refractivity contribution < 1.29 is 22.5 Å². The van der Waals surface area contributed by atoms with Gasteiger partial charge < -0.3 is 9.26 Å². The number of aliphatic imine (C=N–C) groups is 1. The van der Waals surface area contributed by atoms with E-state index in [1.807, 2.05) is 49.9 Å². The number of ether oxygens (including phenoxy) is 1. The van der Waals surface area contributed by atoms with Crippen LogP contribution in [-0.2, 0) is 32.7 Å². The number of hydrogen-bond donors (Lipinski definition) is 1. The summed E-state index contributed by atoms with van der Waals surface area (Å²) < 4.78 is 41.4. The summed E-state index contributed by atoms with van der Waals surface area (Å²) in [6.45, 7) is 12.3. The molecular weight excluding hydrogens is 576 g/mol. The number of nitrogens with zero attached hydrogens (tertiary/aromatic N) is 3. The molecule has 1 saturated carbocycles. The average Bonchev–Trinajstić information content (AvgIpc) is 3.66. The maximum atomic E-state index is 13.8. The van der Waals surface area contributed by atoms with Gasteiger partial charge in [0.1, 0.15) is 17.1 Å². The van der Waals surface area contributed by atoms with Gasteiger partial charge in [-0.2, -0.15) is 0 Å². The molecule has 0 unspecified atom stereocenters. The third-order valence-corrected chi connectivity index (χ3v) is 9.91. The van der Waals surface area contributed by atoms with Crippen molar-refractivity contribution in [3.63, 3.8) is 0 Å². The Morgan fingerprint density at radius 3 is 2.45 bits per heavy atom. The quantitative estimate of drug-likeness (QED) is 0.240. The van der Waals surface area contributed by atoms with Gasteiger partial charge in [-0.15, -0.1) is 0 Å². The lowest BCUT2D eigenvalue weighted by Gasteiger charge is -2.24. The van der Waals surface area contributed by atoms with Crippen molar-refractivity contribution in [2.75, 3.05) is 4.72 Å². The van der Waals surface area contributed by atoms with Gasteiger partial charge in [0.2, 0.25) is 0 Å². The van der Waals surface area contributed by atoms with E-state index in [0.29, 0.717) is 23.4 Å². The number of carbonyl (C=O) groups is 1. The summed E-state index contributed by atoms with van der Waals surface area (Å²) in [6.07, 6.45) is 6.48. The molecule has 0 bridgehead atoms. The molecule has 1 aromatic heterocycles. The van der Waals surface area contributed by atoms with Gasteiger partial charge >= 0.3 is 0 Å². The molecule has 2 aliphatic rings. The summed E-state index contributed by atoms with van der Waals surface area (Å²) in [6, 6.07) is 12.9. The van der Waals surface area contributed by atoms with Crippen LogP contribution in [0.4, 0.5) is 5.82 Å². The van der Waals surface area contributed by atoms with Gasteiger partial charge in [-0.05, 0) is 76.6 Å². The lowest BCUT2D eigenvalue weighted by molar-refractivity contribution is -0.131. The number of nitrogens with one attached hydrogen (secondary N) is 1. The molecule has 0 atom stereocenters. The van der Waals surface area contributed by atoms with Gasteiger partial charge in [-0.25, -0.2) is 8.42 Å². The Hall–Kier alpha value is -3.50. The van der Waals surface area contributed by atoms with Crippen LogP contribution in [0.5, 0.6) is 0 Å². The molecule has 10 heteroatoms.